The Morgan fingerprint density at radius 2 is 0.377 bits per heavy atom. The summed E-state index contributed by atoms with van der Waals surface area (Å²) in [7, 11) is 0. The Labute approximate surface area is 797 Å². The lowest BCUT2D eigenvalue weighted by molar-refractivity contribution is 0.619. The van der Waals surface area contributed by atoms with E-state index in [0.717, 1.165) is 144 Å². The molecule has 6 heterocycles. The van der Waals surface area contributed by atoms with Crippen molar-refractivity contribution < 1.29 is 13.3 Å². The lowest BCUT2D eigenvalue weighted by atomic mass is 9.82. The smallest absolute Gasteiger partial charge is 0.164 e. The molecule has 0 saturated heterocycles. The predicted molar refractivity (Wildman–Crippen MR) is 559 cm³/mol. The molecular formula is C126H87N9O3. The van der Waals surface area contributed by atoms with E-state index in [1.54, 1.807) is 0 Å². The zero-order valence-corrected chi connectivity index (χ0v) is 76.6. The summed E-state index contributed by atoms with van der Waals surface area (Å²) in [6.45, 7) is 13.7. The van der Waals surface area contributed by atoms with Crippen molar-refractivity contribution in [1.29, 1.82) is 0 Å². The van der Waals surface area contributed by atoms with Gasteiger partial charge in [-0.2, -0.15) is 0 Å². The zero-order valence-electron chi connectivity index (χ0n) is 76.6. The van der Waals surface area contributed by atoms with E-state index in [1.165, 1.54) is 72.3 Å². The van der Waals surface area contributed by atoms with Crippen LogP contribution in [0.3, 0.4) is 0 Å². The lowest BCUT2D eigenvalue weighted by Gasteiger charge is -2.21. The van der Waals surface area contributed by atoms with Gasteiger partial charge in [-0.05, 0) is 144 Å². The van der Waals surface area contributed by atoms with E-state index in [2.05, 4.69) is 345 Å². The highest BCUT2D eigenvalue weighted by Gasteiger charge is 2.42. The first-order valence-electron chi connectivity index (χ1n) is 46.9. The first-order chi connectivity index (χ1) is 67.6. The van der Waals surface area contributed by atoms with Gasteiger partial charge in [0.1, 0.15) is 33.5 Å². The number of hydrogen-bond donors (Lipinski definition) is 0. The average molecular weight is 1780 g/mol. The van der Waals surface area contributed by atoms with Crippen LogP contribution in [0.15, 0.2) is 432 Å². The number of benzene rings is 18. The summed E-state index contributed by atoms with van der Waals surface area (Å²) < 4.78 is 20.2. The van der Waals surface area contributed by atoms with E-state index in [1.807, 2.05) is 115 Å². The van der Waals surface area contributed by atoms with Gasteiger partial charge >= 0.3 is 0 Å². The van der Waals surface area contributed by atoms with Crippen LogP contribution in [0.2, 0.25) is 0 Å². The van der Waals surface area contributed by atoms with Crippen molar-refractivity contribution in [2.45, 2.75) is 57.8 Å². The molecule has 3 aliphatic carbocycles. The Bertz CT molecular complexity index is 8960. The van der Waals surface area contributed by atoms with Crippen LogP contribution < -0.4 is 0 Å². The Balaban J connectivity index is 0.000000110. The largest absolute Gasteiger partial charge is 0.456 e. The Morgan fingerprint density at radius 1 is 0.152 bits per heavy atom. The van der Waals surface area contributed by atoms with Gasteiger partial charge in [-0.15, -0.1) is 0 Å². The van der Waals surface area contributed by atoms with Gasteiger partial charge in [0.15, 0.2) is 52.4 Å². The van der Waals surface area contributed by atoms with Crippen molar-refractivity contribution in [1.82, 2.24) is 44.9 Å². The van der Waals surface area contributed by atoms with Gasteiger partial charge in [-0.25, -0.2) is 44.9 Å². The molecule has 0 fully saturated rings. The number of rotatable bonds is 12. The van der Waals surface area contributed by atoms with Crippen molar-refractivity contribution in [2.24, 2.45) is 0 Å². The van der Waals surface area contributed by atoms with Gasteiger partial charge in [0, 0.05) is 115 Å². The van der Waals surface area contributed by atoms with Gasteiger partial charge in [0.2, 0.25) is 0 Å². The lowest BCUT2D eigenvalue weighted by Crippen LogP contribution is -2.15. The van der Waals surface area contributed by atoms with E-state index in [-0.39, 0.29) is 16.2 Å². The minimum atomic E-state index is -0.165. The van der Waals surface area contributed by atoms with E-state index in [0.29, 0.717) is 52.4 Å². The fourth-order valence-corrected chi connectivity index (χ4v) is 21.2. The number of fused-ring (bicyclic) bond motifs is 21. The van der Waals surface area contributed by atoms with Crippen molar-refractivity contribution >= 4 is 65.8 Å². The quantitative estimate of drug-likeness (QED) is 0.114. The maximum Gasteiger partial charge on any atom is 0.164 e. The van der Waals surface area contributed by atoms with E-state index in [9.17, 15) is 0 Å². The SMILES string of the molecule is CC1(C)c2ccccc2-c2ccc3c(oc4cc(-c5nc(-c6ccccc6)nc(-c6ccc(-c7ccccc7)cc6)n5)ccc43)c21.CC1(C)c2ccccc2-c2ccc3c(oc4cc(-c5nc(-c6ccccc6)nc(-c6cccc(-c7ccccc7)c6)n5)ccc43)c21.CC1(C)c2ccccc2-c2ccc3c(oc4cc(-c5nc(-c6ccccc6)nc(-c6ccccc6-c6ccccc6)n5)ccc43)c21. The molecule has 138 heavy (non-hydrogen) atoms. The van der Waals surface area contributed by atoms with Gasteiger partial charge < -0.3 is 13.3 Å². The first kappa shape index (κ1) is 82.3. The molecular weight excluding hydrogens is 1690 g/mol. The molecule has 0 N–H and O–H groups in total. The Hall–Kier alpha value is -17.6. The summed E-state index contributed by atoms with van der Waals surface area (Å²) in [5.41, 5.74) is 35.2. The highest BCUT2D eigenvalue weighted by molar-refractivity contribution is 6.13. The summed E-state index contributed by atoms with van der Waals surface area (Å²) >= 11 is 0. The fraction of sp³-hybridized carbons (Fsp3) is 0.0714. The molecule has 0 saturated carbocycles. The van der Waals surface area contributed by atoms with Crippen LogP contribution in [-0.4, -0.2) is 44.9 Å². The minimum absolute atomic E-state index is 0.161. The van der Waals surface area contributed by atoms with Crippen LogP contribution in [0, 0.1) is 0 Å². The third-order valence-electron chi connectivity index (χ3n) is 28.0. The molecule has 654 valence electrons. The normalized spacial score (nSPS) is 13.2. The molecule has 0 spiro atoms. The molecule has 12 nitrogen and oxygen atoms in total. The van der Waals surface area contributed by atoms with E-state index >= 15 is 0 Å². The van der Waals surface area contributed by atoms with Crippen LogP contribution in [-0.2, 0) is 16.2 Å². The standard InChI is InChI=1S/3C42H29N3O/c1-42(2)35-20-12-11-18-30(35)32-23-24-33-31-22-21-28(25-36(31)46-38(33)37(32)42)40-43-39(27-15-7-4-8-16-27)44-41(45-40)34-19-10-9-17-29(34)26-13-5-3-6-14-26;1-42(2)35-19-10-9-18-31(35)33-22-23-34-32-21-20-30(25-36(32)46-38(34)37(33)42)41-44-39(27-14-7-4-8-15-27)43-40(45-41)29-17-11-16-28(24-29)26-12-5-3-6-13-26;1-42(2)35-16-10-9-15-31(35)33-23-24-34-32-22-21-30(25-36(32)46-38(34)37(33)42)41-44-39(28-13-7-4-8-14-28)43-40(45-41)29-19-17-27(18-20-29)26-11-5-3-6-12-26/h3*3-25H,1-2H3. The topological polar surface area (TPSA) is 155 Å². The number of hydrogen-bond acceptors (Lipinski definition) is 12. The number of aromatic nitrogens is 9. The summed E-state index contributed by atoms with van der Waals surface area (Å²) in [5.74, 6) is 5.60. The minimum Gasteiger partial charge on any atom is -0.456 e. The molecule has 0 aliphatic heterocycles. The fourth-order valence-electron chi connectivity index (χ4n) is 21.2. The molecule has 0 bridgehead atoms. The second-order valence-corrected chi connectivity index (χ2v) is 37.4. The summed E-state index contributed by atoms with van der Waals surface area (Å²) in [6.07, 6.45) is 0. The van der Waals surface area contributed by atoms with Crippen LogP contribution in [0.1, 0.15) is 74.9 Å². The number of furan rings is 3. The van der Waals surface area contributed by atoms with Crippen LogP contribution in [0.4, 0.5) is 0 Å². The zero-order chi connectivity index (χ0) is 92.5. The highest BCUT2D eigenvalue weighted by atomic mass is 16.3. The maximum atomic E-state index is 6.76. The van der Waals surface area contributed by atoms with Gasteiger partial charge in [-0.3, -0.25) is 0 Å². The van der Waals surface area contributed by atoms with E-state index < -0.39 is 0 Å². The second kappa shape index (κ2) is 32.9. The van der Waals surface area contributed by atoms with E-state index in [4.69, 9.17) is 58.1 Å². The maximum absolute atomic E-state index is 6.76. The van der Waals surface area contributed by atoms with Gasteiger partial charge in [-0.1, -0.05) is 399 Å². The molecule has 0 atom stereocenters. The summed E-state index contributed by atoms with van der Waals surface area (Å²) in [4.78, 5) is 45.0. The van der Waals surface area contributed by atoms with Crippen molar-refractivity contribution in [3.63, 3.8) is 0 Å². The molecule has 24 aromatic rings. The molecule has 18 aromatic carbocycles. The predicted octanol–water partition coefficient (Wildman–Crippen LogP) is 32.2. The van der Waals surface area contributed by atoms with Crippen LogP contribution >= 0.6 is 0 Å². The Kier molecular flexibility index (Phi) is 19.6. The molecule has 0 unspecified atom stereocenters. The molecule has 6 aromatic heterocycles. The molecule has 0 amide bonds. The van der Waals surface area contributed by atoms with Crippen molar-refractivity contribution in [3.05, 3.63) is 452 Å². The van der Waals surface area contributed by atoms with Crippen molar-refractivity contribution in [2.75, 3.05) is 0 Å². The molecule has 12 heteroatoms. The average Bonchev–Trinajstić information content (AvgIpc) is 1.56. The third kappa shape index (κ3) is 14.1. The number of nitrogens with zero attached hydrogens (tertiary/aromatic N) is 9. The molecule has 27 rings (SSSR count). The monoisotopic (exact) mass is 1770 g/mol. The third-order valence-corrected chi connectivity index (χ3v) is 28.0. The molecule has 3 aliphatic rings. The summed E-state index contributed by atoms with van der Waals surface area (Å²) in [5, 5.41) is 6.63. The van der Waals surface area contributed by atoms with Crippen LogP contribution in [0.5, 0.6) is 0 Å². The van der Waals surface area contributed by atoms with Crippen LogP contribution in [0.25, 0.3) is 235 Å². The molecule has 0 radical (unpaired) electrons. The first-order valence-corrected chi connectivity index (χ1v) is 46.9. The van der Waals surface area contributed by atoms with Gasteiger partial charge in [0.05, 0.1) is 0 Å². The summed E-state index contributed by atoms with van der Waals surface area (Å²) in [6, 6.07) is 145. The van der Waals surface area contributed by atoms with Gasteiger partial charge in [0.25, 0.3) is 0 Å². The Morgan fingerprint density at radius 3 is 0.725 bits per heavy atom. The highest BCUT2D eigenvalue weighted by Crippen LogP contribution is 2.57. The van der Waals surface area contributed by atoms with Crippen molar-refractivity contribution in [3.8, 4) is 169 Å². The second-order valence-electron chi connectivity index (χ2n) is 37.4.